The quantitative estimate of drug-likeness (QED) is 0.121. The van der Waals surface area contributed by atoms with Crippen molar-refractivity contribution in [3.8, 4) is 11.4 Å². The van der Waals surface area contributed by atoms with Crippen molar-refractivity contribution in [3.63, 3.8) is 0 Å². The van der Waals surface area contributed by atoms with Crippen molar-refractivity contribution in [2.75, 3.05) is 0 Å². The highest BCUT2D eigenvalue weighted by atomic mass is 16.4. The fourth-order valence-corrected chi connectivity index (χ4v) is 9.72. The van der Waals surface area contributed by atoms with E-state index in [4.69, 9.17) is 9.98 Å². The molecule has 0 spiro atoms. The van der Waals surface area contributed by atoms with Crippen molar-refractivity contribution in [1.82, 2.24) is 20.3 Å². The van der Waals surface area contributed by atoms with Crippen LogP contribution in [0.1, 0.15) is 143 Å². The summed E-state index contributed by atoms with van der Waals surface area (Å²) in [4.78, 5) is 46.0. The normalized spacial score (nSPS) is 20.0. The summed E-state index contributed by atoms with van der Waals surface area (Å²) >= 11 is 0. The summed E-state index contributed by atoms with van der Waals surface area (Å²) < 4.78 is 0. The lowest BCUT2D eigenvalue weighted by Gasteiger charge is -2.21. The van der Waals surface area contributed by atoms with Crippen molar-refractivity contribution in [3.05, 3.63) is 95.4 Å². The number of aliphatic carboxylic acids is 2. The number of H-pyrrole nitrogens is 3. The fraction of sp³-hybridized carbons (Fsp3) is 0.435. The Morgan fingerprint density at radius 1 is 0.643 bits per heavy atom. The molecule has 7 heterocycles. The highest BCUT2D eigenvalue weighted by molar-refractivity contribution is 6.55. The highest BCUT2D eigenvalue weighted by Crippen LogP contribution is 2.46. The Hall–Kier alpha value is -5.38. The van der Waals surface area contributed by atoms with E-state index in [1.165, 1.54) is 44.6 Å². The molecule has 0 amide bonds. The van der Waals surface area contributed by atoms with Crippen LogP contribution in [-0.2, 0) is 28.9 Å². The molecule has 0 radical (unpaired) electrons. The molecule has 56 heavy (non-hydrogen) atoms. The van der Waals surface area contributed by atoms with Gasteiger partial charge >= 0.3 is 11.9 Å². The van der Waals surface area contributed by atoms with Crippen LogP contribution in [0.2, 0.25) is 0 Å². The molecule has 0 aliphatic carbocycles. The van der Waals surface area contributed by atoms with E-state index >= 15 is 0 Å². The molecule has 12 bridgehead atoms. The Morgan fingerprint density at radius 3 is 1.55 bits per heavy atom. The molecule has 3 aromatic rings. The van der Waals surface area contributed by atoms with Gasteiger partial charge in [0.05, 0.1) is 51.6 Å². The van der Waals surface area contributed by atoms with E-state index in [1.807, 2.05) is 13.8 Å². The molecule has 10 heteroatoms. The molecule has 294 valence electrons. The number of hydrogen-bond donors (Lipinski definition) is 6. The number of allylic oxidation sites excluding steroid dienone is 4. The van der Waals surface area contributed by atoms with Crippen LogP contribution >= 0.6 is 0 Å². The third kappa shape index (κ3) is 6.27. The largest absolute Gasteiger partial charge is 0.481 e. The van der Waals surface area contributed by atoms with Crippen molar-refractivity contribution in [2.24, 2.45) is 15.9 Å². The maximum Gasteiger partial charge on any atom is 0.303 e. The van der Waals surface area contributed by atoms with Crippen LogP contribution in [0, 0.1) is 26.7 Å². The number of nitrogens with one attached hydrogen (secondary N) is 4. The summed E-state index contributed by atoms with van der Waals surface area (Å²) in [6.45, 7) is 21.8. The van der Waals surface area contributed by atoms with E-state index in [2.05, 4.69) is 87.8 Å². The molecule has 2 unspecified atom stereocenters. The van der Waals surface area contributed by atoms with E-state index in [9.17, 15) is 19.8 Å². The van der Waals surface area contributed by atoms with Gasteiger partial charge in [0.15, 0.2) is 0 Å². The Balaban J connectivity index is 1.54. The number of hydrogen-bond acceptors (Lipinski definition) is 5. The third-order valence-electron chi connectivity index (χ3n) is 12.9. The van der Waals surface area contributed by atoms with Gasteiger partial charge in [0.25, 0.3) is 0 Å². The van der Waals surface area contributed by atoms with E-state index in [0.717, 1.165) is 93.5 Å². The van der Waals surface area contributed by atoms with Crippen LogP contribution in [0.3, 0.4) is 0 Å². The number of aromatic nitrogens is 3. The first kappa shape index (κ1) is 38.9. The molecule has 7 rings (SSSR count). The van der Waals surface area contributed by atoms with E-state index < -0.39 is 11.9 Å². The predicted molar refractivity (Wildman–Crippen MR) is 226 cm³/mol. The molecule has 4 aliphatic heterocycles. The smallest absolute Gasteiger partial charge is 0.303 e. The first-order valence-corrected chi connectivity index (χ1v) is 20.3. The van der Waals surface area contributed by atoms with Crippen molar-refractivity contribution < 1.29 is 19.8 Å². The summed E-state index contributed by atoms with van der Waals surface area (Å²) in [6.07, 6.45) is 8.16. The topological polar surface area (TPSA) is 159 Å². The lowest BCUT2D eigenvalue weighted by molar-refractivity contribution is -0.137. The number of carboxylic acids is 2. The number of nitrogens with zero attached hydrogens (tertiary/aromatic N) is 2. The van der Waals surface area contributed by atoms with Crippen LogP contribution in [0.5, 0.6) is 0 Å². The second-order valence-electron chi connectivity index (χ2n) is 15.8. The van der Waals surface area contributed by atoms with Crippen LogP contribution in [0.25, 0.3) is 29.2 Å². The summed E-state index contributed by atoms with van der Waals surface area (Å²) in [7, 11) is 0. The van der Waals surface area contributed by atoms with Gasteiger partial charge in [-0.3, -0.25) is 9.59 Å². The molecule has 0 aromatic carbocycles. The third-order valence-corrected chi connectivity index (χ3v) is 12.9. The molecule has 0 fully saturated rings. The Morgan fingerprint density at radius 2 is 1.09 bits per heavy atom. The molecule has 6 N–H and O–H groups in total. The molecular formula is C46H56N6O4. The van der Waals surface area contributed by atoms with Gasteiger partial charge in [-0.25, -0.2) is 9.98 Å². The summed E-state index contributed by atoms with van der Waals surface area (Å²) in [6, 6.07) is 0.0762. The second kappa shape index (κ2) is 14.9. The summed E-state index contributed by atoms with van der Waals surface area (Å²) in [5, 5.41) is 23.6. The van der Waals surface area contributed by atoms with Crippen molar-refractivity contribution in [1.29, 1.82) is 0 Å². The second-order valence-corrected chi connectivity index (χ2v) is 15.8. The maximum atomic E-state index is 12.0. The van der Waals surface area contributed by atoms with Gasteiger partial charge in [0.2, 0.25) is 0 Å². The zero-order valence-electron chi connectivity index (χ0n) is 34.6. The number of carboxylic acid groups (broad SMARTS) is 2. The molecule has 0 saturated carbocycles. The minimum absolute atomic E-state index is 0.0587. The van der Waals surface area contributed by atoms with Crippen molar-refractivity contribution >= 4 is 41.2 Å². The van der Waals surface area contributed by atoms with Crippen molar-refractivity contribution in [2.45, 2.75) is 127 Å². The van der Waals surface area contributed by atoms with Crippen LogP contribution in [-0.4, -0.2) is 48.5 Å². The lowest BCUT2D eigenvalue weighted by Crippen LogP contribution is -2.21. The Labute approximate surface area is 329 Å². The number of aromatic amines is 3. The SMILES string of the molecule is CCc1c2[nH]c(c1C)-c1[nH]c(c(CC)c1C)C1NC(=C(C)C1CC)c1[nH]c(c(CC)c1C)/C=C1\N=C(C3=NC(=C2)C(C)=C3CCC(=O)O)C(CCC(=O)O)=C1C. The predicted octanol–water partition coefficient (Wildman–Crippen LogP) is 10.0. The molecular weight excluding hydrogens is 701 g/mol. The van der Waals surface area contributed by atoms with E-state index in [-0.39, 0.29) is 31.7 Å². The number of carbonyl (C=O) groups is 2. The summed E-state index contributed by atoms with van der Waals surface area (Å²) in [5.41, 5.74) is 22.5. The standard InChI is InChI=1S/C46H56N6O4/c1-11-27-23(7)39-41-25(9)29(13-3)43(51-41)44-30(14-4)26(10)42(52-44)40-24(8)28(12-2)36(50-40)20-34-22(6)32(16-18-38(55)56)46(48-34)45-31(15-17-37(53)54)21(5)33(47-45)19-35(27)49-39/h19-20,29,43,49-52H,11-18H2,1-10H3,(H,53,54)(H,55,56)/b33-19-,34-20?. The van der Waals surface area contributed by atoms with Gasteiger partial charge in [-0.2, -0.15) is 0 Å². The van der Waals surface area contributed by atoms with Gasteiger partial charge in [-0.15, -0.1) is 0 Å². The first-order valence-electron chi connectivity index (χ1n) is 20.3. The minimum Gasteiger partial charge on any atom is -0.481 e. The van der Waals surface area contributed by atoms with Crippen LogP contribution < -0.4 is 5.32 Å². The first-order chi connectivity index (χ1) is 26.7. The van der Waals surface area contributed by atoms with Gasteiger partial charge < -0.3 is 30.5 Å². The van der Waals surface area contributed by atoms with Gasteiger partial charge in [0, 0.05) is 35.8 Å². The van der Waals surface area contributed by atoms with Crippen LogP contribution in [0.4, 0.5) is 0 Å². The molecule has 4 aliphatic rings. The average Bonchev–Trinajstić information content (AvgIpc) is 3.97. The van der Waals surface area contributed by atoms with Crippen LogP contribution in [0.15, 0.2) is 49.2 Å². The fourth-order valence-electron chi connectivity index (χ4n) is 9.72. The van der Waals surface area contributed by atoms with E-state index in [0.29, 0.717) is 17.3 Å². The Bertz CT molecular complexity index is 2410. The Kier molecular flexibility index (Phi) is 10.4. The minimum atomic E-state index is -0.889. The maximum absolute atomic E-state index is 12.0. The molecule has 2 atom stereocenters. The van der Waals surface area contributed by atoms with Gasteiger partial charge in [-0.05, 0) is 153 Å². The molecule has 10 nitrogen and oxygen atoms in total. The lowest BCUT2D eigenvalue weighted by atomic mass is 9.88. The number of rotatable bonds is 10. The highest BCUT2D eigenvalue weighted by Gasteiger charge is 2.38. The molecule has 0 saturated heterocycles. The summed E-state index contributed by atoms with van der Waals surface area (Å²) in [5.74, 6) is -1.48. The van der Waals surface area contributed by atoms with Gasteiger partial charge in [-0.1, -0.05) is 27.7 Å². The van der Waals surface area contributed by atoms with E-state index in [1.54, 1.807) is 0 Å². The average molecular weight is 757 g/mol. The zero-order chi connectivity index (χ0) is 40.3. The monoisotopic (exact) mass is 756 g/mol. The van der Waals surface area contributed by atoms with Gasteiger partial charge in [0.1, 0.15) is 0 Å². The molecule has 3 aromatic heterocycles. The zero-order valence-corrected chi connectivity index (χ0v) is 34.6. The number of aliphatic imine (C=N–C) groups is 2. The number of fused-ring (bicyclic) bond motifs is 14.